The average molecular weight is 293 g/mol. The summed E-state index contributed by atoms with van der Waals surface area (Å²) in [4.78, 5) is 0.922. The topological polar surface area (TPSA) is 69.1 Å². The summed E-state index contributed by atoms with van der Waals surface area (Å²) in [6, 6.07) is 0. The fourth-order valence-corrected chi connectivity index (χ4v) is 3.92. The summed E-state index contributed by atoms with van der Waals surface area (Å²) in [5.41, 5.74) is 5.74. The van der Waals surface area contributed by atoms with Crippen LogP contribution in [0.3, 0.4) is 0 Å². The molecule has 0 radical (unpaired) electrons. The van der Waals surface area contributed by atoms with E-state index in [1.54, 1.807) is 11.3 Å². The summed E-state index contributed by atoms with van der Waals surface area (Å²) in [5, 5.41) is 14.6. The predicted molar refractivity (Wildman–Crippen MR) is 81.1 cm³/mol. The van der Waals surface area contributed by atoms with E-state index in [-0.39, 0.29) is 5.41 Å². The molecule has 0 spiro atoms. The first-order valence-corrected chi connectivity index (χ1v) is 8.23. The first-order valence-electron chi connectivity index (χ1n) is 7.41. The molecule has 1 saturated carbocycles. The highest BCUT2D eigenvalue weighted by atomic mass is 32.1. The molecule has 2 aromatic heterocycles. The van der Waals surface area contributed by atoms with Gasteiger partial charge in [0, 0.05) is 11.3 Å². The lowest BCUT2D eigenvalue weighted by Gasteiger charge is -2.25. The fourth-order valence-electron chi connectivity index (χ4n) is 2.91. The monoisotopic (exact) mass is 293 g/mol. The van der Waals surface area contributed by atoms with Crippen LogP contribution in [0.2, 0.25) is 0 Å². The van der Waals surface area contributed by atoms with Crippen molar-refractivity contribution < 1.29 is 0 Å². The molecular weight excluding hydrogens is 270 g/mol. The molecule has 0 aliphatic heterocycles. The molecule has 2 N–H and O–H groups in total. The largest absolute Gasteiger partial charge is 0.330 e. The molecule has 0 amide bonds. The van der Waals surface area contributed by atoms with Gasteiger partial charge in [-0.15, -0.1) is 10.2 Å². The normalized spacial score (nSPS) is 24.4. The van der Waals surface area contributed by atoms with Crippen LogP contribution in [0.5, 0.6) is 0 Å². The zero-order valence-corrected chi connectivity index (χ0v) is 13.3. The van der Waals surface area contributed by atoms with Gasteiger partial charge in [-0.3, -0.25) is 0 Å². The van der Waals surface area contributed by atoms with Gasteiger partial charge < -0.3 is 5.73 Å². The molecule has 6 heteroatoms. The number of hydrogen-bond donors (Lipinski definition) is 1. The van der Waals surface area contributed by atoms with Gasteiger partial charge in [0.05, 0.1) is 0 Å². The molecule has 3 rings (SSSR count). The Hall–Kier alpha value is -1.01. The van der Waals surface area contributed by atoms with Gasteiger partial charge in [0.15, 0.2) is 5.82 Å². The number of rotatable bonds is 2. The van der Waals surface area contributed by atoms with Crippen molar-refractivity contribution in [3.8, 4) is 0 Å². The number of fused-ring (bicyclic) bond motifs is 1. The summed E-state index contributed by atoms with van der Waals surface area (Å²) in [5.74, 6) is 2.24. The van der Waals surface area contributed by atoms with E-state index in [2.05, 4.69) is 31.0 Å². The van der Waals surface area contributed by atoms with Crippen molar-refractivity contribution in [1.29, 1.82) is 0 Å². The number of aromatic nitrogens is 4. The minimum absolute atomic E-state index is 0.0258. The molecule has 0 unspecified atom stereocenters. The van der Waals surface area contributed by atoms with Gasteiger partial charge in [0.25, 0.3) is 0 Å². The third-order valence-corrected chi connectivity index (χ3v) is 5.27. The molecule has 0 saturated heterocycles. The molecule has 2 aromatic rings. The van der Waals surface area contributed by atoms with Crippen LogP contribution in [-0.2, 0) is 5.41 Å². The standard InChI is InChI=1S/C14H23N5S/c1-14(2,3)12-16-17-13-19(12)18-11(20-13)10-6-4-9(8-15)5-7-10/h9-10H,4-8,15H2,1-3H3. The minimum atomic E-state index is -0.0258. The lowest BCUT2D eigenvalue weighted by atomic mass is 9.82. The lowest BCUT2D eigenvalue weighted by molar-refractivity contribution is 0.331. The van der Waals surface area contributed by atoms with Gasteiger partial charge in [-0.25, -0.2) is 0 Å². The second-order valence-electron chi connectivity index (χ2n) is 6.86. The van der Waals surface area contributed by atoms with Crippen LogP contribution in [0, 0.1) is 5.92 Å². The minimum Gasteiger partial charge on any atom is -0.330 e. The average Bonchev–Trinajstić information content (AvgIpc) is 2.97. The highest BCUT2D eigenvalue weighted by Crippen LogP contribution is 2.37. The maximum absolute atomic E-state index is 5.76. The maximum atomic E-state index is 5.76. The summed E-state index contributed by atoms with van der Waals surface area (Å²) in [6.45, 7) is 7.27. The van der Waals surface area contributed by atoms with E-state index < -0.39 is 0 Å². The Morgan fingerprint density at radius 3 is 2.50 bits per heavy atom. The van der Waals surface area contributed by atoms with Crippen molar-refractivity contribution in [3.63, 3.8) is 0 Å². The Balaban J connectivity index is 1.85. The van der Waals surface area contributed by atoms with Gasteiger partial charge in [0.2, 0.25) is 4.96 Å². The second-order valence-corrected chi connectivity index (χ2v) is 7.85. The van der Waals surface area contributed by atoms with Gasteiger partial charge in [-0.05, 0) is 38.1 Å². The van der Waals surface area contributed by atoms with Crippen LogP contribution >= 0.6 is 11.3 Å². The number of nitrogens with two attached hydrogens (primary N) is 1. The smallest absolute Gasteiger partial charge is 0.234 e. The summed E-state index contributed by atoms with van der Waals surface area (Å²) in [7, 11) is 0. The molecule has 1 aliphatic rings. The van der Waals surface area contributed by atoms with Crippen LogP contribution in [0.15, 0.2) is 0 Å². The quantitative estimate of drug-likeness (QED) is 0.924. The molecule has 2 heterocycles. The maximum Gasteiger partial charge on any atom is 0.234 e. The summed E-state index contributed by atoms with van der Waals surface area (Å²) in [6.07, 6.45) is 4.87. The highest BCUT2D eigenvalue weighted by Gasteiger charge is 2.27. The fraction of sp³-hybridized carbons (Fsp3) is 0.786. The molecule has 20 heavy (non-hydrogen) atoms. The SMILES string of the molecule is CC(C)(C)c1nnc2sc(C3CCC(CN)CC3)nn12. The summed E-state index contributed by atoms with van der Waals surface area (Å²) < 4.78 is 1.94. The number of hydrogen-bond acceptors (Lipinski definition) is 5. The Morgan fingerprint density at radius 1 is 1.20 bits per heavy atom. The molecule has 110 valence electrons. The highest BCUT2D eigenvalue weighted by molar-refractivity contribution is 7.16. The van der Waals surface area contributed by atoms with E-state index >= 15 is 0 Å². The van der Waals surface area contributed by atoms with E-state index in [9.17, 15) is 0 Å². The first kappa shape index (κ1) is 13.9. The third-order valence-electron chi connectivity index (χ3n) is 4.21. The molecule has 0 aromatic carbocycles. The molecule has 0 atom stereocenters. The Labute approximate surface area is 123 Å². The lowest BCUT2D eigenvalue weighted by Crippen LogP contribution is -2.21. The van der Waals surface area contributed by atoms with Crippen molar-refractivity contribution in [3.05, 3.63) is 10.8 Å². The predicted octanol–water partition coefficient (Wildman–Crippen LogP) is 2.72. The van der Waals surface area contributed by atoms with E-state index in [0.717, 1.165) is 17.3 Å². The van der Waals surface area contributed by atoms with E-state index in [4.69, 9.17) is 10.8 Å². The Kier molecular flexibility index (Phi) is 3.54. The third kappa shape index (κ3) is 2.46. The van der Waals surface area contributed by atoms with Gasteiger partial charge in [0.1, 0.15) is 5.01 Å². The van der Waals surface area contributed by atoms with Crippen molar-refractivity contribution >= 4 is 16.3 Å². The van der Waals surface area contributed by atoms with Gasteiger partial charge in [-0.2, -0.15) is 9.61 Å². The van der Waals surface area contributed by atoms with Gasteiger partial charge >= 0.3 is 0 Å². The Bertz CT molecular complexity index is 586. The molecule has 1 fully saturated rings. The van der Waals surface area contributed by atoms with Crippen LogP contribution in [-0.4, -0.2) is 26.4 Å². The molecular formula is C14H23N5S. The van der Waals surface area contributed by atoms with Crippen LogP contribution in [0.4, 0.5) is 0 Å². The van der Waals surface area contributed by atoms with E-state index in [1.165, 1.54) is 30.7 Å². The molecule has 1 aliphatic carbocycles. The van der Waals surface area contributed by atoms with Crippen LogP contribution < -0.4 is 5.73 Å². The molecule has 5 nitrogen and oxygen atoms in total. The van der Waals surface area contributed by atoms with E-state index in [1.807, 2.05) is 4.52 Å². The summed E-state index contributed by atoms with van der Waals surface area (Å²) >= 11 is 1.70. The van der Waals surface area contributed by atoms with E-state index in [0.29, 0.717) is 11.8 Å². The second kappa shape index (κ2) is 5.07. The first-order chi connectivity index (χ1) is 9.49. The zero-order valence-electron chi connectivity index (χ0n) is 12.5. The van der Waals surface area contributed by atoms with Crippen LogP contribution in [0.25, 0.3) is 4.96 Å². The van der Waals surface area contributed by atoms with Crippen molar-refractivity contribution in [2.45, 2.75) is 57.8 Å². The van der Waals surface area contributed by atoms with Crippen molar-refractivity contribution in [2.24, 2.45) is 11.7 Å². The molecule has 0 bridgehead atoms. The van der Waals surface area contributed by atoms with Crippen molar-refractivity contribution in [2.75, 3.05) is 6.54 Å². The van der Waals surface area contributed by atoms with Crippen molar-refractivity contribution in [1.82, 2.24) is 19.8 Å². The Morgan fingerprint density at radius 2 is 1.90 bits per heavy atom. The zero-order chi connectivity index (χ0) is 14.3. The number of nitrogens with zero attached hydrogens (tertiary/aromatic N) is 4. The van der Waals surface area contributed by atoms with Crippen LogP contribution in [0.1, 0.15) is 63.2 Å². The van der Waals surface area contributed by atoms with Gasteiger partial charge in [-0.1, -0.05) is 32.1 Å².